The first-order valence-electron chi connectivity index (χ1n) is 6.21. The van der Waals surface area contributed by atoms with E-state index in [1.165, 1.54) is 7.11 Å². The molecule has 1 aliphatic rings. The molecule has 1 N–H and O–H groups in total. The molecule has 1 fully saturated rings. The highest BCUT2D eigenvalue weighted by Gasteiger charge is 2.44. The summed E-state index contributed by atoms with van der Waals surface area (Å²) in [4.78, 5) is 12.2. The van der Waals surface area contributed by atoms with Gasteiger partial charge < -0.3 is 9.47 Å². The standard InChI is InChI=1S/C14H19NO3/c1-17-12-8-4-3-7-11(12)14(13(16)18-2)9-5-6-10-15-14/h3-4,7-8,15H,5-6,9-10H2,1-2H3. The van der Waals surface area contributed by atoms with Crippen LogP contribution in [0.15, 0.2) is 24.3 Å². The molecule has 0 aliphatic carbocycles. The summed E-state index contributed by atoms with van der Waals surface area (Å²) in [6, 6.07) is 7.61. The Hall–Kier alpha value is -1.55. The Bertz CT molecular complexity index is 425. The molecule has 1 aromatic carbocycles. The Kier molecular flexibility index (Phi) is 3.87. The topological polar surface area (TPSA) is 47.6 Å². The third-order valence-electron chi connectivity index (χ3n) is 3.51. The molecule has 0 amide bonds. The lowest BCUT2D eigenvalue weighted by Gasteiger charge is -2.36. The number of ether oxygens (including phenoxy) is 2. The zero-order valence-corrected chi connectivity index (χ0v) is 10.9. The summed E-state index contributed by atoms with van der Waals surface area (Å²) in [5.41, 5.74) is 0.0959. The maximum absolute atomic E-state index is 12.2. The summed E-state index contributed by atoms with van der Waals surface area (Å²) in [7, 11) is 3.04. The zero-order valence-electron chi connectivity index (χ0n) is 10.9. The van der Waals surface area contributed by atoms with Crippen molar-refractivity contribution in [2.24, 2.45) is 0 Å². The van der Waals surface area contributed by atoms with Gasteiger partial charge in [-0.1, -0.05) is 18.2 Å². The maximum atomic E-state index is 12.2. The van der Waals surface area contributed by atoms with E-state index in [0.717, 1.165) is 37.1 Å². The van der Waals surface area contributed by atoms with E-state index in [9.17, 15) is 4.79 Å². The summed E-state index contributed by atoms with van der Waals surface area (Å²) in [5.74, 6) is 0.476. The molecule has 0 spiro atoms. The molecule has 0 saturated carbocycles. The first kappa shape index (κ1) is 12.9. The SMILES string of the molecule is COC(=O)C1(c2ccccc2OC)CCCCN1. The highest BCUT2D eigenvalue weighted by Crippen LogP contribution is 2.36. The number of hydrogen-bond donors (Lipinski definition) is 1. The van der Waals surface area contributed by atoms with Crippen LogP contribution in [0.4, 0.5) is 0 Å². The number of carbonyl (C=O) groups is 1. The van der Waals surface area contributed by atoms with Crippen LogP contribution in [0.2, 0.25) is 0 Å². The van der Waals surface area contributed by atoms with Gasteiger partial charge in [0.1, 0.15) is 11.3 Å². The van der Waals surface area contributed by atoms with Crippen LogP contribution in [-0.4, -0.2) is 26.7 Å². The third-order valence-corrected chi connectivity index (χ3v) is 3.51. The molecule has 4 nitrogen and oxygen atoms in total. The van der Waals surface area contributed by atoms with Crippen LogP contribution in [0, 0.1) is 0 Å². The average molecular weight is 249 g/mol. The Morgan fingerprint density at radius 3 is 2.67 bits per heavy atom. The minimum Gasteiger partial charge on any atom is -0.496 e. The molecular weight excluding hydrogens is 230 g/mol. The smallest absolute Gasteiger partial charge is 0.330 e. The lowest BCUT2D eigenvalue weighted by molar-refractivity contribution is -0.150. The molecule has 1 heterocycles. The van der Waals surface area contributed by atoms with E-state index < -0.39 is 5.54 Å². The summed E-state index contributed by atoms with van der Waals surface area (Å²) < 4.78 is 10.4. The van der Waals surface area contributed by atoms with Crippen molar-refractivity contribution in [1.29, 1.82) is 0 Å². The third kappa shape index (κ3) is 2.08. The van der Waals surface area contributed by atoms with Gasteiger partial charge in [0, 0.05) is 5.56 Å². The molecule has 98 valence electrons. The number of methoxy groups -OCH3 is 2. The quantitative estimate of drug-likeness (QED) is 0.830. The van der Waals surface area contributed by atoms with E-state index in [1.807, 2.05) is 24.3 Å². The van der Waals surface area contributed by atoms with Gasteiger partial charge in [0.25, 0.3) is 0 Å². The number of rotatable bonds is 3. The Balaban J connectivity index is 2.48. The van der Waals surface area contributed by atoms with E-state index in [4.69, 9.17) is 9.47 Å². The van der Waals surface area contributed by atoms with Gasteiger partial charge in [-0.15, -0.1) is 0 Å². The van der Waals surface area contributed by atoms with Gasteiger partial charge in [-0.05, 0) is 31.9 Å². The van der Waals surface area contributed by atoms with Gasteiger partial charge in [0.2, 0.25) is 0 Å². The Morgan fingerprint density at radius 2 is 2.06 bits per heavy atom. The van der Waals surface area contributed by atoms with Crippen molar-refractivity contribution in [1.82, 2.24) is 5.32 Å². The molecular formula is C14H19NO3. The molecule has 1 aliphatic heterocycles. The normalized spacial score (nSPS) is 23.4. The Labute approximate surface area is 107 Å². The number of esters is 1. The molecule has 2 rings (SSSR count). The van der Waals surface area contributed by atoms with Gasteiger partial charge in [0.15, 0.2) is 0 Å². The van der Waals surface area contributed by atoms with Crippen molar-refractivity contribution in [2.45, 2.75) is 24.8 Å². The number of carbonyl (C=O) groups excluding carboxylic acids is 1. The zero-order chi connectivity index (χ0) is 13.0. The van der Waals surface area contributed by atoms with Crippen LogP contribution < -0.4 is 10.1 Å². The number of piperidine rings is 1. The van der Waals surface area contributed by atoms with E-state index in [-0.39, 0.29) is 5.97 Å². The van der Waals surface area contributed by atoms with Gasteiger partial charge in [0.05, 0.1) is 14.2 Å². The summed E-state index contributed by atoms with van der Waals surface area (Å²) >= 11 is 0. The monoisotopic (exact) mass is 249 g/mol. The number of benzene rings is 1. The van der Waals surface area contributed by atoms with Crippen molar-refractivity contribution >= 4 is 5.97 Å². The van der Waals surface area contributed by atoms with Crippen LogP contribution >= 0.6 is 0 Å². The average Bonchev–Trinajstić information content (AvgIpc) is 2.47. The minimum absolute atomic E-state index is 0.244. The van der Waals surface area contributed by atoms with Crippen molar-refractivity contribution in [3.8, 4) is 5.75 Å². The largest absolute Gasteiger partial charge is 0.496 e. The molecule has 0 bridgehead atoms. The number of nitrogens with one attached hydrogen (secondary N) is 1. The van der Waals surface area contributed by atoms with Crippen molar-refractivity contribution in [3.05, 3.63) is 29.8 Å². The van der Waals surface area contributed by atoms with Gasteiger partial charge in [-0.2, -0.15) is 0 Å². The summed E-state index contributed by atoms with van der Waals surface area (Å²) in [6.07, 6.45) is 2.81. The van der Waals surface area contributed by atoms with Crippen LogP contribution in [0.5, 0.6) is 5.75 Å². The van der Waals surface area contributed by atoms with Crippen LogP contribution in [0.1, 0.15) is 24.8 Å². The highest BCUT2D eigenvalue weighted by atomic mass is 16.5. The van der Waals surface area contributed by atoms with Gasteiger partial charge in [-0.25, -0.2) is 4.79 Å². The molecule has 1 aromatic rings. The first-order valence-corrected chi connectivity index (χ1v) is 6.21. The molecule has 0 aromatic heterocycles. The fraction of sp³-hybridized carbons (Fsp3) is 0.500. The van der Waals surface area contributed by atoms with E-state index in [2.05, 4.69) is 5.32 Å². The lowest BCUT2D eigenvalue weighted by Crippen LogP contribution is -2.52. The summed E-state index contributed by atoms with van der Waals surface area (Å²) in [6.45, 7) is 0.813. The lowest BCUT2D eigenvalue weighted by atomic mass is 9.81. The van der Waals surface area contributed by atoms with E-state index in [1.54, 1.807) is 7.11 Å². The molecule has 4 heteroatoms. The Morgan fingerprint density at radius 1 is 1.28 bits per heavy atom. The van der Waals surface area contributed by atoms with Gasteiger partial charge in [-0.3, -0.25) is 5.32 Å². The van der Waals surface area contributed by atoms with Gasteiger partial charge >= 0.3 is 5.97 Å². The molecule has 18 heavy (non-hydrogen) atoms. The van der Waals surface area contributed by atoms with Crippen molar-refractivity contribution in [3.63, 3.8) is 0 Å². The van der Waals surface area contributed by atoms with Crippen molar-refractivity contribution < 1.29 is 14.3 Å². The van der Waals surface area contributed by atoms with Crippen molar-refractivity contribution in [2.75, 3.05) is 20.8 Å². The fourth-order valence-corrected chi connectivity index (χ4v) is 2.59. The second-order valence-electron chi connectivity index (χ2n) is 4.48. The van der Waals surface area contributed by atoms with Crippen LogP contribution in [0.3, 0.4) is 0 Å². The van der Waals surface area contributed by atoms with Crippen LogP contribution in [-0.2, 0) is 15.1 Å². The number of para-hydroxylation sites is 1. The highest BCUT2D eigenvalue weighted by molar-refractivity contribution is 5.83. The van der Waals surface area contributed by atoms with E-state index >= 15 is 0 Å². The summed E-state index contributed by atoms with van der Waals surface area (Å²) in [5, 5.41) is 3.32. The predicted octanol–water partition coefficient (Wildman–Crippen LogP) is 1.84. The second kappa shape index (κ2) is 5.40. The second-order valence-corrected chi connectivity index (χ2v) is 4.48. The van der Waals surface area contributed by atoms with E-state index in [0.29, 0.717) is 0 Å². The molecule has 1 unspecified atom stereocenters. The molecule has 1 saturated heterocycles. The first-order chi connectivity index (χ1) is 8.74. The molecule has 0 radical (unpaired) electrons. The maximum Gasteiger partial charge on any atom is 0.330 e. The van der Waals surface area contributed by atoms with Crippen LogP contribution in [0.25, 0.3) is 0 Å². The molecule has 1 atom stereocenters. The minimum atomic E-state index is -0.764. The fourth-order valence-electron chi connectivity index (χ4n) is 2.59. The predicted molar refractivity (Wildman–Crippen MR) is 68.5 cm³/mol. The number of hydrogen-bond acceptors (Lipinski definition) is 4.